The monoisotopic (exact) mass is 323 g/mol. The van der Waals surface area contributed by atoms with E-state index in [1.807, 2.05) is 36.1 Å². The van der Waals surface area contributed by atoms with Crippen molar-refractivity contribution in [1.82, 2.24) is 9.80 Å². The number of urea groups is 1. The third-order valence-electron chi connectivity index (χ3n) is 3.97. The van der Waals surface area contributed by atoms with Gasteiger partial charge in [0, 0.05) is 37.1 Å². The molecule has 1 atom stereocenters. The smallest absolute Gasteiger partial charge is 0.314 e. The van der Waals surface area contributed by atoms with Crippen molar-refractivity contribution in [3.05, 3.63) is 34.9 Å². The minimum Gasteiger partial charge on any atom is -0.351 e. The van der Waals surface area contributed by atoms with Crippen LogP contribution in [0.2, 0.25) is 5.02 Å². The number of nitrogens with zero attached hydrogens (tertiary/aromatic N) is 2. The molecule has 1 saturated heterocycles. The molecule has 22 heavy (non-hydrogen) atoms. The van der Waals surface area contributed by atoms with Gasteiger partial charge in [0.05, 0.1) is 0 Å². The lowest BCUT2D eigenvalue weighted by Crippen LogP contribution is -2.41. The first kappa shape index (κ1) is 16.6. The molecule has 0 radical (unpaired) electrons. The third kappa shape index (κ3) is 4.37. The van der Waals surface area contributed by atoms with Crippen molar-refractivity contribution in [1.29, 1.82) is 0 Å². The summed E-state index contributed by atoms with van der Waals surface area (Å²) in [6.45, 7) is 4.26. The minimum atomic E-state index is -0.415. The average molecular weight is 324 g/mol. The van der Waals surface area contributed by atoms with Gasteiger partial charge in [0.15, 0.2) is 0 Å². The third-order valence-corrected chi connectivity index (χ3v) is 4.21. The summed E-state index contributed by atoms with van der Waals surface area (Å²) in [5.41, 5.74) is 6.36. The number of hydrogen-bond donors (Lipinski definition) is 1. The van der Waals surface area contributed by atoms with Crippen LogP contribution in [0, 0.1) is 5.92 Å². The standard InChI is InChI=1S/C16H22ClN3O2/c1-12(10-13-4-2-5-14(17)11-13)15(21)19-6-3-7-20(9-8-19)16(18)22/h2,4-5,11-12H,3,6-10H2,1H3,(H2,18,22). The van der Waals surface area contributed by atoms with Crippen molar-refractivity contribution in [3.8, 4) is 0 Å². The number of hydrogen-bond acceptors (Lipinski definition) is 2. The maximum Gasteiger partial charge on any atom is 0.314 e. The highest BCUT2D eigenvalue weighted by Crippen LogP contribution is 2.17. The summed E-state index contributed by atoms with van der Waals surface area (Å²) in [6.07, 6.45) is 1.42. The largest absolute Gasteiger partial charge is 0.351 e. The van der Waals surface area contributed by atoms with E-state index >= 15 is 0 Å². The predicted molar refractivity (Wildman–Crippen MR) is 86.7 cm³/mol. The van der Waals surface area contributed by atoms with Gasteiger partial charge in [0.2, 0.25) is 5.91 Å². The van der Waals surface area contributed by atoms with Crippen LogP contribution in [0.3, 0.4) is 0 Å². The van der Waals surface area contributed by atoms with Gasteiger partial charge in [-0.05, 0) is 30.5 Å². The van der Waals surface area contributed by atoms with E-state index in [4.69, 9.17) is 17.3 Å². The SMILES string of the molecule is CC(Cc1cccc(Cl)c1)C(=O)N1CCCN(C(N)=O)CC1. The Balaban J connectivity index is 1.94. The Morgan fingerprint density at radius 3 is 2.59 bits per heavy atom. The molecule has 0 bridgehead atoms. The topological polar surface area (TPSA) is 66.6 Å². The van der Waals surface area contributed by atoms with Crippen LogP contribution in [0.15, 0.2) is 24.3 Å². The average Bonchev–Trinajstić information content (AvgIpc) is 2.72. The molecule has 120 valence electrons. The molecule has 1 aromatic carbocycles. The molecule has 0 saturated carbocycles. The van der Waals surface area contributed by atoms with Crippen LogP contribution in [0.1, 0.15) is 18.9 Å². The van der Waals surface area contributed by atoms with Crippen molar-refractivity contribution in [3.63, 3.8) is 0 Å². The van der Waals surface area contributed by atoms with E-state index in [2.05, 4.69) is 0 Å². The Hall–Kier alpha value is -1.75. The zero-order valence-electron chi connectivity index (χ0n) is 12.8. The molecular weight excluding hydrogens is 302 g/mol. The lowest BCUT2D eigenvalue weighted by atomic mass is 9.99. The van der Waals surface area contributed by atoms with Gasteiger partial charge in [-0.1, -0.05) is 30.7 Å². The molecule has 1 aliphatic rings. The zero-order valence-corrected chi connectivity index (χ0v) is 13.6. The van der Waals surface area contributed by atoms with Crippen LogP contribution in [0.5, 0.6) is 0 Å². The molecular formula is C16H22ClN3O2. The molecule has 0 aromatic heterocycles. The second-order valence-corrected chi connectivity index (χ2v) is 6.18. The number of amides is 3. The van der Waals surface area contributed by atoms with Gasteiger partial charge >= 0.3 is 6.03 Å². The summed E-state index contributed by atoms with van der Waals surface area (Å²) >= 11 is 5.98. The number of primary amides is 1. The summed E-state index contributed by atoms with van der Waals surface area (Å²) in [5, 5.41) is 0.684. The van der Waals surface area contributed by atoms with Crippen LogP contribution in [0.4, 0.5) is 4.79 Å². The first-order valence-electron chi connectivity index (χ1n) is 7.55. The quantitative estimate of drug-likeness (QED) is 0.926. The van der Waals surface area contributed by atoms with Crippen LogP contribution in [-0.2, 0) is 11.2 Å². The van der Waals surface area contributed by atoms with E-state index in [1.165, 1.54) is 0 Å². The molecule has 1 fully saturated rings. The molecule has 3 amide bonds. The maximum absolute atomic E-state index is 12.6. The lowest BCUT2D eigenvalue weighted by Gasteiger charge is -2.24. The van der Waals surface area contributed by atoms with Crippen LogP contribution < -0.4 is 5.73 Å². The van der Waals surface area contributed by atoms with Crippen LogP contribution in [-0.4, -0.2) is 47.9 Å². The number of benzene rings is 1. The van der Waals surface area contributed by atoms with Crippen molar-refractivity contribution < 1.29 is 9.59 Å². The van der Waals surface area contributed by atoms with Crippen molar-refractivity contribution in [2.45, 2.75) is 19.8 Å². The van der Waals surface area contributed by atoms with Crippen LogP contribution in [0.25, 0.3) is 0 Å². The summed E-state index contributed by atoms with van der Waals surface area (Å²) in [5.74, 6) is 0.00453. The van der Waals surface area contributed by atoms with Crippen molar-refractivity contribution in [2.75, 3.05) is 26.2 Å². The molecule has 5 nitrogen and oxygen atoms in total. The Kier molecular flexibility index (Phi) is 5.66. The van der Waals surface area contributed by atoms with Gasteiger partial charge in [-0.3, -0.25) is 4.79 Å². The molecule has 1 aromatic rings. The van der Waals surface area contributed by atoms with Crippen LogP contribution >= 0.6 is 11.6 Å². The molecule has 0 aliphatic carbocycles. The summed E-state index contributed by atoms with van der Waals surface area (Å²) < 4.78 is 0. The lowest BCUT2D eigenvalue weighted by molar-refractivity contribution is -0.134. The fourth-order valence-corrected chi connectivity index (χ4v) is 2.99. The first-order valence-corrected chi connectivity index (χ1v) is 7.93. The minimum absolute atomic E-state index is 0.112. The second-order valence-electron chi connectivity index (χ2n) is 5.74. The summed E-state index contributed by atoms with van der Waals surface area (Å²) in [7, 11) is 0. The van der Waals surface area contributed by atoms with Gasteiger partial charge in [-0.25, -0.2) is 4.79 Å². The molecule has 2 rings (SSSR count). The van der Waals surface area contributed by atoms with Gasteiger partial charge < -0.3 is 15.5 Å². The van der Waals surface area contributed by atoms with Gasteiger partial charge in [0.1, 0.15) is 0 Å². The molecule has 6 heteroatoms. The van der Waals surface area contributed by atoms with Gasteiger partial charge in [0.25, 0.3) is 0 Å². The van der Waals surface area contributed by atoms with E-state index in [0.29, 0.717) is 37.6 Å². The number of halogens is 1. The normalized spacial score (nSPS) is 17.0. The molecule has 1 unspecified atom stereocenters. The molecule has 2 N–H and O–H groups in total. The first-order chi connectivity index (χ1) is 10.5. The van der Waals surface area contributed by atoms with E-state index in [-0.39, 0.29) is 11.8 Å². The summed E-state index contributed by atoms with van der Waals surface area (Å²) in [6, 6.07) is 7.17. The Labute approximate surface area is 136 Å². The fraction of sp³-hybridized carbons (Fsp3) is 0.500. The van der Waals surface area contributed by atoms with Gasteiger partial charge in [-0.2, -0.15) is 0 Å². The Morgan fingerprint density at radius 1 is 1.23 bits per heavy atom. The highest BCUT2D eigenvalue weighted by atomic mass is 35.5. The zero-order chi connectivity index (χ0) is 16.1. The molecule has 1 aliphatic heterocycles. The number of carbonyl (C=O) groups is 2. The Morgan fingerprint density at radius 2 is 1.91 bits per heavy atom. The van der Waals surface area contributed by atoms with E-state index in [9.17, 15) is 9.59 Å². The van der Waals surface area contributed by atoms with E-state index in [0.717, 1.165) is 12.0 Å². The van der Waals surface area contributed by atoms with Gasteiger partial charge in [-0.15, -0.1) is 0 Å². The van der Waals surface area contributed by atoms with Crippen molar-refractivity contribution in [2.24, 2.45) is 11.7 Å². The number of rotatable bonds is 3. The highest BCUT2D eigenvalue weighted by molar-refractivity contribution is 6.30. The second kappa shape index (κ2) is 7.49. The van der Waals surface area contributed by atoms with E-state index < -0.39 is 6.03 Å². The van der Waals surface area contributed by atoms with E-state index in [1.54, 1.807) is 4.90 Å². The van der Waals surface area contributed by atoms with Crippen molar-refractivity contribution >= 4 is 23.5 Å². The highest BCUT2D eigenvalue weighted by Gasteiger charge is 2.24. The molecule has 0 spiro atoms. The number of carbonyl (C=O) groups excluding carboxylic acids is 2. The maximum atomic E-state index is 12.6. The molecule has 1 heterocycles. The predicted octanol–water partition coefficient (Wildman–Crippen LogP) is 2.13. The fourth-order valence-electron chi connectivity index (χ4n) is 2.77. The number of nitrogens with two attached hydrogens (primary N) is 1. The summed E-state index contributed by atoms with van der Waals surface area (Å²) in [4.78, 5) is 27.2. The Bertz CT molecular complexity index is 550.